The van der Waals surface area contributed by atoms with E-state index in [1.54, 1.807) is 0 Å². The van der Waals surface area contributed by atoms with Crippen LogP contribution in [-0.2, 0) is 6.42 Å². The molecule has 0 spiro atoms. The Balaban J connectivity index is 2.28. The maximum Gasteiger partial charge on any atom is 0.221 e. The van der Waals surface area contributed by atoms with E-state index in [0.717, 1.165) is 12.1 Å². The van der Waals surface area contributed by atoms with Gasteiger partial charge in [0, 0.05) is 10.4 Å². The zero-order chi connectivity index (χ0) is 14.0. The Morgan fingerprint density at radius 1 is 1.21 bits per heavy atom. The first-order valence-corrected chi connectivity index (χ1v) is 7.24. The Bertz CT molecular complexity index is 579. The second-order valence-corrected chi connectivity index (χ2v) is 7.04. The van der Waals surface area contributed by atoms with E-state index >= 15 is 0 Å². The molecule has 19 heavy (non-hydrogen) atoms. The summed E-state index contributed by atoms with van der Waals surface area (Å²) < 4.78 is 0. The summed E-state index contributed by atoms with van der Waals surface area (Å²) in [4.78, 5) is 18.0. The van der Waals surface area contributed by atoms with Crippen molar-refractivity contribution in [3.05, 3.63) is 51.5 Å². The Morgan fingerprint density at radius 2 is 1.84 bits per heavy atom. The summed E-state index contributed by atoms with van der Waals surface area (Å²) in [5.41, 5.74) is 1.91. The molecule has 2 rings (SSSR count). The van der Waals surface area contributed by atoms with Crippen molar-refractivity contribution in [3.8, 4) is 0 Å². The lowest BCUT2D eigenvalue weighted by Crippen LogP contribution is -2.08. The molecule has 1 aromatic carbocycles. The molecule has 1 aromatic heterocycles. The van der Waals surface area contributed by atoms with Gasteiger partial charge in [-0.2, -0.15) is 0 Å². The number of hydrogen-bond donors (Lipinski definition) is 0. The molecule has 2 aromatic rings. The van der Waals surface area contributed by atoms with Crippen LogP contribution in [0.2, 0.25) is 0 Å². The summed E-state index contributed by atoms with van der Waals surface area (Å²) in [5.74, 6) is 0.0221. The van der Waals surface area contributed by atoms with E-state index in [4.69, 9.17) is 0 Å². The van der Waals surface area contributed by atoms with Gasteiger partial charge < -0.3 is 0 Å². The number of carbonyl (C=O) groups is 1. The molecular formula is C16H19NOS. The monoisotopic (exact) mass is 273 g/mol. The van der Waals surface area contributed by atoms with Crippen molar-refractivity contribution in [2.45, 2.75) is 34.1 Å². The quantitative estimate of drug-likeness (QED) is 0.782. The van der Waals surface area contributed by atoms with Crippen LogP contribution in [0.15, 0.2) is 30.3 Å². The van der Waals surface area contributed by atoms with Crippen molar-refractivity contribution in [2.75, 3.05) is 0 Å². The maximum atomic E-state index is 12.3. The van der Waals surface area contributed by atoms with Gasteiger partial charge in [-0.25, -0.2) is 4.98 Å². The fraction of sp³-hybridized carbons (Fsp3) is 0.375. The van der Waals surface area contributed by atoms with Gasteiger partial charge in [0.05, 0.1) is 5.69 Å². The van der Waals surface area contributed by atoms with E-state index in [2.05, 4.69) is 25.8 Å². The Kier molecular flexibility index (Phi) is 3.85. The van der Waals surface area contributed by atoms with E-state index in [1.165, 1.54) is 16.2 Å². The summed E-state index contributed by atoms with van der Waals surface area (Å²) in [6.45, 7) is 8.58. The number of aromatic nitrogens is 1. The molecule has 0 saturated heterocycles. The van der Waals surface area contributed by atoms with Gasteiger partial charge in [-0.1, -0.05) is 51.1 Å². The highest BCUT2D eigenvalue weighted by Crippen LogP contribution is 2.28. The zero-order valence-corrected chi connectivity index (χ0v) is 12.7. The molecule has 0 atom stereocenters. The minimum atomic E-state index is 0.0221. The molecule has 0 radical (unpaired) electrons. The lowest BCUT2D eigenvalue weighted by atomic mass is 9.91. The highest BCUT2D eigenvalue weighted by Gasteiger charge is 2.19. The number of ketones is 1. The highest BCUT2D eigenvalue weighted by molar-refractivity contribution is 7.14. The third-order valence-electron chi connectivity index (χ3n) is 2.81. The van der Waals surface area contributed by atoms with Gasteiger partial charge in [0.2, 0.25) is 5.78 Å². The van der Waals surface area contributed by atoms with Gasteiger partial charge in [-0.05, 0) is 18.8 Å². The second kappa shape index (κ2) is 5.25. The second-order valence-electron chi connectivity index (χ2n) is 5.96. The average molecular weight is 273 g/mol. The van der Waals surface area contributed by atoms with Gasteiger partial charge >= 0.3 is 0 Å². The number of rotatable bonds is 3. The zero-order valence-electron chi connectivity index (χ0n) is 11.9. The first-order chi connectivity index (χ1) is 8.87. The van der Waals surface area contributed by atoms with E-state index in [9.17, 15) is 4.79 Å². The van der Waals surface area contributed by atoms with Crippen molar-refractivity contribution in [1.29, 1.82) is 0 Å². The summed E-state index contributed by atoms with van der Waals surface area (Å²) in [7, 11) is 0. The van der Waals surface area contributed by atoms with Crippen LogP contribution in [0.25, 0.3) is 0 Å². The van der Waals surface area contributed by atoms with Crippen LogP contribution in [0, 0.1) is 12.3 Å². The van der Waals surface area contributed by atoms with Crippen LogP contribution >= 0.6 is 11.3 Å². The molecule has 3 heteroatoms. The molecule has 0 saturated carbocycles. The first kappa shape index (κ1) is 13.9. The SMILES string of the molecule is Cc1nc(C(=O)c2ccccc2)sc1CC(C)(C)C. The van der Waals surface area contributed by atoms with Crippen molar-refractivity contribution >= 4 is 17.1 Å². The van der Waals surface area contributed by atoms with Crippen LogP contribution in [-0.4, -0.2) is 10.8 Å². The number of benzene rings is 1. The number of aryl methyl sites for hydroxylation is 1. The van der Waals surface area contributed by atoms with E-state index < -0.39 is 0 Å². The Hall–Kier alpha value is -1.48. The molecule has 0 aliphatic carbocycles. The normalized spacial score (nSPS) is 11.6. The lowest BCUT2D eigenvalue weighted by molar-refractivity contribution is 0.103. The predicted molar refractivity (Wildman–Crippen MR) is 79.9 cm³/mol. The molecule has 0 amide bonds. The third-order valence-corrected chi connectivity index (χ3v) is 3.97. The molecule has 0 bridgehead atoms. The summed E-state index contributed by atoms with van der Waals surface area (Å²) >= 11 is 1.53. The lowest BCUT2D eigenvalue weighted by Gasteiger charge is -2.16. The van der Waals surface area contributed by atoms with Crippen molar-refractivity contribution < 1.29 is 4.79 Å². The third kappa shape index (κ3) is 3.51. The fourth-order valence-corrected chi connectivity index (χ4v) is 3.21. The molecule has 0 aliphatic heterocycles. The summed E-state index contributed by atoms with van der Waals surface area (Å²) in [6.07, 6.45) is 0.957. The van der Waals surface area contributed by atoms with Crippen LogP contribution in [0.1, 0.15) is 46.7 Å². The standard InChI is InChI=1S/C16H19NOS/c1-11-13(10-16(2,3)4)19-15(17-11)14(18)12-8-6-5-7-9-12/h5-9H,10H2,1-4H3. The summed E-state index contributed by atoms with van der Waals surface area (Å²) in [6, 6.07) is 9.34. The van der Waals surface area contributed by atoms with E-state index in [-0.39, 0.29) is 11.2 Å². The van der Waals surface area contributed by atoms with Gasteiger partial charge in [-0.3, -0.25) is 4.79 Å². The molecule has 0 fully saturated rings. The number of carbonyl (C=O) groups excluding carboxylic acids is 1. The van der Waals surface area contributed by atoms with Crippen molar-refractivity contribution in [1.82, 2.24) is 4.98 Å². The number of hydrogen-bond acceptors (Lipinski definition) is 3. The van der Waals surface area contributed by atoms with Crippen molar-refractivity contribution in [2.24, 2.45) is 5.41 Å². The Labute approximate surface area is 118 Å². The Morgan fingerprint density at radius 3 is 2.42 bits per heavy atom. The van der Waals surface area contributed by atoms with Gasteiger partial charge in [0.25, 0.3) is 0 Å². The molecule has 0 unspecified atom stereocenters. The van der Waals surface area contributed by atoms with Crippen LogP contribution in [0.3, 0.4) is 0 Å². The molecule has 2 nitrogen and oxygen atoms in total. The number of nitrogens with zero attached hydrogens (tertiary/aromatic N) is 1. The largest absolute Gasteiger partial charge is 0.286 e. The smallest absolute Gasteiger partial charge is 0.221 e. The fourth-order valence-electron chi connectivity index (χ4n) is 1.88. The summed E-state index contributed by atoms with van der Waals surface area (Å²) in [5, 5.41) is 0.600. The molecule has 1 heterocycles. The minimum Gasteiger partial charge on any atom is -0.286 e. The number of thiazole rings is 1. The van der Waals surface area contributed by atoms with Gasteiger partial charge in [-0.15, -0.1) is 11.3 Å². The average Bonchev–Trinajstić information content (AvgIpc) is 2.69. The molecule has 100 valence electrons. The topological polar surface area (TPSA) is 30.0 Å². The molecule has 0 aliphatic rings. The van der Waals surface area contributed by atoms with Crippen LogP contribution < -0.4 is 0 Å². The van der Waals surface area contributed by atoms with Crippen LogP contribution in [0.4, 0.5) is 0 Å². The maximum absolute atomic E-state index is 12.3. The van der Waals surface area contributed by atoms with Crippen molar-refractivity contribution in [3.63, 3.8) is 0 Å². The highest BCUT2D eigenvalue weighted by atomic mass is 32.1. The van der Waals surface area contributed by atoms with Gasteiger partial charge in [0.15, 0.2) is 5.01 Å². The predicted octanol–water partition coefficient (Wildman–Crippen LogP) is 4.27. The van der Waals surface area contributed by atoms with Gasteiger partial charge in [0.1, 0.15) is 0 Å². The molecular weight excluding hydrogens is 254 g/mol. The first-order valence-electron chi connectivity index (χ1n) is 6.43. The minimum absolute atomic E-state index is 0.0221. The van der Waals surface area contributed by atoms with Crippen LogP contribution in [0.5, 0.6) is 0 Å². The van der Waals surface area contributed by atoms with E-state index in [1.807, 2.05) is 37.3 Å². The van der Waals surface area contributed by atoms with E-state index in [0.29, 0.717) is 10.6 Å². The molecule has 0 N–H and O–H groups in total.